The van der Waals surface area contributed by atoms with E-state index in [0.717, 1.165) is 12.8 Å². The number of hydrogen-bond acceptors (Lipinski definition) is 2. The molecule has 3 atom stereocenters. The van der Waals surface area contributed by atoms with Gasteiger partial charge >= 0.3 is 5.97 Å². The van der Waals surface area contributed by atoms with Crippen LogP contribution in [0.5, 0.6) is 0 Å². The van der Waals surface area contributed by atoms with Crippen LogP contribution in [0, 0.1) is 0 Å². The molecule has 1 N–H and O–H groups in total. The van der Waals surface area contributed by atoms with E-state index in [-0.39, 0.29) is 0 Å². The van der Waals surface area contributed by atoms with E-state index in [2.05, 4.69) is 38.8 Å². The van der Waals surface area contributed by atoms with Crippen molar-refractivity contribution in [3.05, 3.63) is 0 Å². The van der Waals surface area contributed by atoms with E-state index in [9.17, 15) is 4.79 Å². The molecule has 0 aromatic heterocycles. The Labute approximate surface area is 139 Å². The van der Waals surface area contributed by atoms with Gasteiger partial charge in [-0.25, -0.2) is 4.79 Å². The first-order valence-corrected chi connectivity index (χ1v) is 9.50. The van der Waals surface area contributed by atoms with Crippen LogP contribution in [-0.2, 0) is 9.53 Å². The molecule has 0 amide bonds. The Morgan fingerprint density at radius 2 is 1.70 bits per heavy atom. The van der Waals surface area contributed by atoms with Crippen molar-refractivity contribution >= 4 is 37.8 Å². The maximum atomic E-state index is 11.0. The van der Waals surface area contributed by atoms with E-state index in [1.54, 1.807) is 0 Å². The number of carboxylic acid groups (broad SMARTS) is 1. The molecular weight excluding hydrogens is 388 g/mol. The first-order valence-electron chi connectivity index (χ1n) is 7.67. The minimum atomic E-state index is -0.876. The van der Waals surface area contributed by atoms with Crippen molar-refractivity contribution < 1.29 is 14.6 Å². The molecule has 0 radical (unpaired) electrons. The molecular formula is C15H26Br2O3. The highest BCUT2D eigenvalue weighted by molar-refractivity contribution is 9.12. The number of aliphatic carboxylic acids is 1. The third-order valence-corrected chi connectivity index (χ3v) is 6.83. The van der Waals surface area contributed by atoms with Gasteiger partial charge in [0.25, 0.3) is 0 Å². The van der Waals surface area contributed by atoms with Crippen LogP contribution in [-0.4, -0.2) is 32.9 Å². The van der Waals surface area contributed by atoms with Gasteiger partial charge in [-0.05, 0) is 19.3 Å². The predicted octanol–water partition coefficient (Wildman–Crippen LogP) is 4.90. The summed E-state index contributed by atoms with van der Waals surface area (Å²) in [7, 11) is 0. The first-order chi connectivity index (χ1) is 9.52. The fourth-order valence-electron chi connectivity index (χ4n) is 2.31. The number of ether oxygens (including phenoxy) is 1. The van der Waals surface area contributed by atoms with Crippen molar-refractivity contribution in [2.24, 2.45) is 0 Å². The number of hydrogen-bond donors (Lipinski definition) is 1. The average Bonchev–Trinajstić information content (AvgIpc) is 3.21. The Morgan fingerprint density at radius 1 is 1.15 bits per heavy atom. The fourth-order valence-corrected chi connectivity index (χ4v) is 3.40. The largest absolute Gasteiger partial charge is 0.479 e. The van der Waals surface area contributed by atoms with E-state index < -0.39 is 11.6 Å². The second-order valence-corrected chi connectivity index (χ2v) is 8.07. The summed E-state index contributed by atoms with van der Waals surface area (Å²) in [4.78, 5) is 11.7. The van der Waals surface area contributed by atoms with Crippen LogP contribution in [0.2, 0.25) is 0 Å². The van der Waals surface area contributed by atoms with E-state index in [0.29, 0.717) is 22.7 Å². The first kappa shape index (κ1) is 18.4. The number of epoxide rings is 1. The lowest BCUT2D eigenvalue weighted by atomic mass is 10.0. The minimum Gasteiger partial charge on any atom is -0.479 e. The summed E-state index contributed by atoms with van der Waals surface area (Å²) in [5.41, 5.74) is -0.876. The Kier molecular flexibility index (Phi) is 8.68. The van der Waals surface area contributed by atoms with E-state index in [1.165, 1.54) is 38.5 Å². The molecule has 1 heterocycles. The zero-order valence-corrected chi connectivity index (χ0v) is 15.4. The van der Waals surface area contributed by atoms with Gasteiger partial charge in [0.05, 0.1) is 6.61 Å². The molecule has 1 fully saturated rings. The molecule has 118 valence electrons. The monoisotopic (exact) mass is 412 g/mol. The summed E-state index contributed by atoms with van der Waals surface area (Å²) in [5, 5.41) is 9.05. The third-order valence-electron chi connectivity index (χ3n) is 3.93. The van der Waals surface area contributed by atoms with Crippen LogP contribution in [0.1, 0.15) is 64.7 Å². The molecule has 0 aromatic carbocycles. The van der Waals surface area contributed by atoms with E-state index in [4.69, 9.17) is 9.84 Å². The number of alkyl halides is 2. The minimum absolute atomic E-state index is 0.318. The van der Waals surface area contributed by atoms with Gasteiger partial charge in [-0.3, -0.25) is 0 Å². The van der Waals surface area contributed by atoms with Crippen LogP contribution in [0.15, 0.2) is 0 Å². The van der Waals surface area contributed by atoms with Crippen LogP contribution >= 0.6 is 31.9 Å². The quantitative estimate of drug-likeness (QED) is 0.281. The number of halogens is 2. The van der Waals surface area contributed by atoms with Crippen molar-refractivity contribution in [2.75, 3.05) is 6.61 Å². The maximum Gasteiger partial charge on any atom is 0.338 e. The SMILES string of the molecule is CCCCCCCCC(Br)C(Br)CCC1(C(=O)O)CO1. The molecule has 0 saturated carbocycles. The van der Waals surface area contributed by atoms with Gasteiger partial charge in [-0.2, -0.15) is 0 Å². The van der Waals surface area contributed by atoms with E-state index in [1.807, 2.05) is 0 Å². The molecule has 5 heteroatoms. The van der Waals surface area contributed by atoms with E-state index >= 15 is 0 Å². The van der Waals surface area contributed by atoms with Gasteiger partial charge in [0, 0.05) is 9.65 Å². The molecule has 0 aliphatic carbocycles. The molecule has 20 heavy (non-hydrogen) atoms. The topological polar surface area (TPSA) is 49.8 Å². The summed E-state index contributed by atoms with van der Waals surface area (Å²) < 4.78 is 5.09. The van der Waals surface area contributed by atoms with Gasteiger partial charge in [-0.1, -0.05) is 77.3 Å². The molecule has 0 spiro atoms. The molecule has 3 nitrogen and oxygen atoms in total. The lowest BCUT2D eigenvalue weighted by molar-refractivity contribution is -0.143. The molecule has 1 aliphatic heterocycles. The Balaban J connectivity index is 2.07. The predicted molar refractivity (Wildman–Crippen MR) is 89.0 cm³/mol. The fraction of sp³-hybridized carbons (Fsp3) is 0.933. The van der Waals surface area contributed by atoms with Gasteiger partial charge in [-0.15, -0.1) is 0 Å². The summed E-state index contributed by atoms with van der Waals surface area (Å²) in [5.74, 6) is -0.820. The lowest BCUT2D eigenvalue weighted by Crippen LogP contribution is -2.26. The van der Waals surface area contributed by atoms with Gasteiger partial charge in [0.2, 0.25) is 0 Å². The molecule has 3 unspecified atom stereocenters. The van der Waals surface area contributed by atoms with Crippen LogP contribution in [0.3, 0.4) is 0 Å². The Morgan fingerprint density at radius 3 is 2.25 bits per heavy atom. The molecule has 1 rings (SSSR count). The lowest BCUT2D eigenvalue weighted by Gasteiger charge is -2.17. The molecule has 0 aromatic rings. The number of rotatable bonds is 12. The van der Waals surface area contributed by atoms with Crippen LogP contribution in [0.4, 0.5) is 0 Å². The second kappa shape index (κ2) is 9.42. The van der Waals surface area contributed by atoms with Crippen molar-refractivity contribution in [1.29, 1.82) is 0 Å². The highest BCUT2D eigenvalue weighted by Crippen LogP contribution is 2.35. The maximum absolute atomic E-state index is 11.0. The summed E-state index contributed by atoms with van der Waals surface area (Å²) in [6.45, 7) is 2.60. The second-order valence-electron chi connectivity index (χ2n) is 5.72. The summed E-state index contributed by atoms with van der Waals surface area (Å²) >= 11 is 7.39. The highest BCUT2D eigenvalue weighted by atomic mass is 79.9. The van der Waals surface area contributed by atoms with Gasteiger partial charge in [0.1, 0.15) is 0 Å². The zero-order chi connectivity index (χ0) is 15.0. The number of carboxylic acids is 1. The summed E-state index contributed by atoms with van der Waals surface area (Å²) in [6.07, 6.45) is 10.4. The highest BCUT2D eigenvalue weighted by Gasteiger charge is 2.52. The normalized spacial score (nSPS) is 24.4. The smallest absolute Gasteiger partial charge is 0.338 e. The molecule has 1 aliphatic rings. The van der Waals surface area contributed by atoms with Crippen LogP contribution in [0.25, 0.3) is 0 Å². The Hall–Kier alpha value is 0.390. The average molecular weight is 414 g/mol. The van der Waals surface area contributed by atoms with Crippen LogP contribution < -0.4 is 0 Å². The van der Waals surface area contributed by atoms with Crippen molar-refractivity contribution in [3.63, 3.8) is 0 Å². The number of unbranched alkanes of at least 4 members (excludes halogenated alkanes) is 5. The third kappa shape index (κ3) is 6.44. The Bertz CT molecular complexity index is 293. The summed E-state index contributed by atoms with van der Waals surface area (Å²) in [6, 6.07) is 0. The molecule has 1 saturated heterocycles. The standard InChI is InChI=1S/C15H26Br2O3/c1-2-3-4-5-6-7-8-12(16)13(17)9-10-15(11-20-15)14(18)19/h12-13H,2-11H2,1H3,(H,18,19). The number of carbonyl (C=O) groups is 1. The van der Waals surface area contributed by atoms with Crippen molar-refractivity contribution in [3.8, 4) is 0 Å². The van der Waals surface area contributed by atoms with Crippen molar-refractivity contribution in [2.45, 2.75) is 80.0 Å². The molecule has 0 bridgehead atoms. The van der Waals surface area contributed by atoms with Gasteiger partial charge in [0.15, 0.2) is 5.60 Å². The zero-order valence-electron chi connectivity index (χ0n) is 12.2. The van der Waals surface area contributed by atoms with Gasteiger partial charge < -0.3 is 9.84 Å². The van der Waals surface area contributed by atoms with Crippen molar-refractivity contribution in [1.82, 2.24) is 0 Å².